The van der Waals surface area contributed by atoms with E-state index in [2.05, 4.69) is 6.58 Å². The average molecular weight is 627 g/mol. The van der Waals surface area contributed by atoms with Gasteiger partial charge in [-0.05, 0) is 0 Å². The Bertz CT molecular complexity index is 662. The Morgan fingerprint density at radius 3 is 1.00 bits per heavy atom. The van der Waals surface area contributed by atoms with Gasteiger partial charge in [0.2, 0.25) is 5.78 Å². The number of aliphatic carboxylic acids is 1. The fourth-order valence-corrected chi connectivity index (χ4v) is 2.76. The van der Waals surface area contributed by atoms with Crippen LogP contribution < -0.4 is 0 Å². The first-order chi connectivity index (χ1) is 21.1. The van der Waals surface area contributed by atoms with Crippen LogP contribution >= 0.6 is 0 Å². The van der Waals surface area contributed by atoms with E-state index in [-0.39, 0.29) is 26.1 Å². The molecule has 0 saturated heterocycles. The maximum atomic E-state index is 11.3. The summed E-state index contributed by atoms with van der Waals surface area (Å²) in [5.41, 5.74) is 0. The maximum Gasteiger partial charge on any atom is 0.372 e. The molecule has 252 valence electrons. The van der Waals surface area contributed by atoms with E-state index in [0.29, 0.717) is 126 Å². The highest BCUT2D eigenvalue weighted by atomic mass is 16.6. The van der Waals surface area contributed by atoms with Crippen molar-refractivity contribution in [2.24, 2.45) is 0 Å². The van der Waals surface area contributed by atoms with Crippen LogP contribution in [0.15, 0.2) is 12.7 Å². The van der Waals surface area contributed by atoms with Gasteiger partial charge in [0.15, 0.2) is 0 Å². The molecule has 0 saturated carbocycles. The molecule has 1 N–H and O–H groups in total. The van der Waals surface area contributed by atoms with Crippen LogP contribution in [0, 0.1) is 0 Å². The van der Waals surface area contributed by atoms with Crippen molar-refractivity contribution in [3.8, 4) is 0 Å². The van der Waals surface area contributed by atoms with Gasteiger partial charge in [-0.3, -0.25) is 9.59 Å². The lowest BCUT2D eigenvalue weighted by Gasteiger charge is -2.09. The van der Waals surface area contributed by atoms with Crippen molar-refractivity contribution in [1.82, 2.24) is 0 Å². The van der Waals surface area contributed by atoms with Crippen molar-refractivity contribution in [2.75, 3.05) is 139 Å². The highest BCUT2D eigenvalue weighted by Gasteiger charge is 2.14. The predicted octanol–water partition coefficient (Wildman–Crippen LogP) is 0.316. The standard InChI is InChI=1S/C28H50O15/c1-2-5-33-6-7-34-8-9-35-10-11-36-12-13-37-14-15-38-16-17-39-18-19-40-20-21-41-22-23-42-24-25-43-27(30)4-3-26(29)28(31)32/h2H,1,3-25H2,(H,31,32). The molecule has 0 unspecified atom stereocenters. The van der Waals surface area contributed by atoms with Gasteiger partial charge < -0.3 is 57.2 Å². The molecule has 0 aliphatic rings. The van der Waals surface area contributed by atoms with Crippen LogP contribution in [0.25, 0.3) is 0 Å². The molecule has 0 heterocycles. The Kier molecular flexibility index (Phi) is 32.8. The summed E-state index contributed by atoms with van der Waals surface area (Å²) in [6.07, 6.45) is 1.04. The molecule has 0 bridgehead atoms. The number of ketones is 1. The Morgan fingerprint density at radius 1 is 0.442 bits per heavy atom. The molecule has 0 aliphatic carbocycles. The van der Waals surface area contributed by atoms with E-state index in [9.17, 15) is 14.4 Å². The van der Waals surface area contributed by atoms with Gasteiger partial charge in [0.25, 0.3) is 0 Å². The lowest BCUT2D eigenvalue weighted by atomic mass is 10.2. The van der Waals surface area contributed by atoms with E-state index < -0.39 is 17.7 Å². The molecule has 0 fully saturated rings. The molecule has 0 aromatic rings. The highest BCUT2D eigenvalue weighted by Crippen LogP contribution is 1.95. The van der Waals surface area contributed by atoms with E-state index in [1.807, 2.05) is 0 Å². The summed E-state index contributed by atoms with van der Waals surface area (Å²) < 4.78 is 58.5. The van der Waals surface area contributed by atoms with Gasteiger partial charge in [-0.1, -0.05) is 6.08 Å². The van der Waals surface area contributed by atoms with Crippen LogP contribution in [0.1, 0.15) is 12.8 Å². The summed E-state index contributed by atoms with van der Waals surface area (Å²) in [6, 6.07) is 0. The van der Waals surface area contributed by atoms with Crippen LogP contribution in [-0.4, -0.2) is 162 Å². The SMILES string of the molecule is C=CCOCCOCCOCCOCCOCCOCCOCCOCCOCCOCCOC(=O)CCC(=O)C(=O)O. The van der Waals surface area contributed by atoms with Gasteiger partial charge in [-0.2, -0.15) is 0 Å². The minimum absolute atomic E-state index is 0.0149. The molecule has 15 heteroatoms. The summed E-state index contributed by atoms with van der Waals surface area (Å²) in [6.45, 7) is 12.7. The molecule has 0 rings (SSSR count). The Balaban J connectivity index is 3.12. The van der Waals surface area contributed by atoms with Crippen LogP contribution in [0.3, 0.4) is 0 Å². The summed E-state index contributed by atoms with van der Waals surface area (Å²) in [4.78, 5) is 32.6. The van der Waals surface area contributed by atoms with Crippen LogP contribution in [0.4, 0.5) is 0 Å². The lowest BCUT2D eigenvalue weighted by Crippen LogP contribution is -2.17. The van der Waals surface area contributed by atoms with E-state index in [1.165, 1.54) is 0 Å². The van der Waals surface area contributed by atoms with Crippen molar-refractivity contribution >= 4 is 17.7 Å². The van der Waals surface area contributed by atoms with E-state index >= 15 is 0 Å². The zero-order valence-corrected chi connectivity index (χ0v) is 25.2. The van der Waals surface area contributed by atoms with Crippen molar-refractivity contribution in [3.05, 3.63) is 12.7 Å². The van der Waals surface area contributed by atoms with Crippen LogP contribution in [-0.2, 0) is 66.5 Å². The Labute approximate surface area is 253 Å². The third-order valence-corrected chi connectivity index (χ3v) is 4.87. The molecule has 0 aliphatic heterocycles. The zero-order valence-electron chi connectivity index (χ0n) is 25.2. The van der Waals surface area contributed by atoms with Crippen molar-refractivity contribution < 1.29 is 71.6 Å². The van der Waals surface area contributed by atoms with Gasteiger partial charge in [0.1, 0.15) is 6.61 Å². The smallest absolute Gasteiger partial charge is 0.372 e. The third kappa shape index (κ3) is 34.3. The van der Waals surface area contributed by atoms with Gasteiger partial charge in [-0.15, -0.1) is 6.58 Å². The normalized spacial score (nSPS) is 11.1. The fraction of sp³-hybridized carbons (Fsp3) is 0.821. The molecule has 0 aromatic heterocycles. The molecular weight excluding hydrogens is 576 g/mol. The first-order valence-electron chi connectivity index (χ1n) is 14.4. The molecule has 0 spiro atoms. The van der Waals surface area contributed by atoms with E-state index in [1.54, 1.807) is 6.08 Å². The molecule has 43 heavy (non-hydrogen) atoms. The largest absolute Gasteiger partial charge is 0.476 e. The number of Topliss-reactive ketones (excluding diaryl/α,β-unsaturated/α-hetero) is 1. The topological polar surface area (TPSA) is 173 Å². The number of ether oxygens (including phenoxy) is 11. The minimum atomic E-state index is -1.56. The quantitative estimate of drug-likeness (QED) is 0.0435. The average Bonchev–Trinajstić information content (AvgIpc) is 3.00. The molecule has 0 aromatic carbocycles. The summed E-state index contributed by atoms with van der Waals surface area (Å²) in [5, 5.41) is 8.43. The molecule has 0 amide bonds. The van der Waals surface area contributed by atoms with Crippen LogP contribution in [0.5, 0.6) is 0 Å². The Hall–Kier alpha value is -2.05. The lowest BCUT2D eigenvalue weighted by molar-refractivity contribution is -0.151. The van der Waals surface area contributed by atoms with Gasteiger partial charge in [-0.25, -0.2) is 4.79 Å². The monoisotopic (exact) mass is 626 g/mol. The molecular formula is C28H50O15. The number of carboxylic acids is 1. The predicted molar refractivity (Wildman–Crippen MR) is 151 cm³/mol. The molecule has 15 nitrogen and oxygen atoms in total. The van der Waals surface area contributed by atoms with E-state index in [4.69, 9.17) is 57.2 Å². The minimum Gasteiger partial charge on any atom is -0.476 e. The number of hydrogen-bond donors (Lipinski definition) is 1. The fourth-order valence-electron chi connectivity index (χ4n) is 2.76. The second kappa shape index (κ2) is 34.4. The number of carbonyl (C=O) groups excluding carboxylic acids is 2. The number of carboxylic acid groups (broad SMARTS) is 1. The summed E-state index contributed by atoms with van der Waals surface area (Å²) in [7, 11) is 0. The maximum absolute atomic E-state index is 11.3. The Morgan fingerprint density at radius 2 is 0.721 bits per heavy atom. The van der Waals surface area contributed by atoms with Gasteiger partial charge >= 0.3 is 11.9 Å². The van der Waals surface area contributed by atoms with E-state index in [0.717, 1.165) is 0 Å². The van der Waals surface area contributed by atoms with Crippen LogP contribution in [0.2, 0.25) is 0 Å². The van der Waals surface area contributed by atoms with Crippen molar-refractivity contribution in [1.29, 1.82) is 0 Å². The van der Waals surface area contributed by atoms with Crippen molar-refractivity contribution in [2.45, 2.75) is 12.8 Å². The first-order valence-corrected chi connectivity index (χ1v) is 14.4. The number of carbonyl (C=O) groups is 3. The molecule has 0 radical (unpaired) electrons. The third-order valence-electron chi connectivity index (χ3n) is 4.87. The summed E-state index contributed by atoms with van der Waals surface area (Å²) >= 11 is 0. The highest BCUT2D eigenvalue weighted by molar-refractivity contribution is 6.32. The van der Waals surface area contributed by atoms with Crippen molar-refractivity contribution in [3.63, 3.8) is 0 Å². The zero-order chi connectivity index (χ0) is 31.5. The summed E-state index contributed by atoms with van der Waals surface area (Å²) in [5.74, 6) is -3.24. The second-order valence-electron chi connectivity index (χ2n) is 8.32. The molecule has 0 atom stereocenters. The number of hydrogen-bond acceptors (Lipinski definition) is 14. The number of rotatable bonds is 36. The van der Waals surface area contributed by atoms with Gasteiger partial charge in [0.05, 0.1) is 139 Å². The van der Waals surface area contributed by atoms with Gasteiger partial charge in [0, 0.05) is 6.42 Å². The number of esters is 1. The second-order valence-corrected chi connectivity index (χ2v) is 8.32. The first kappa shape index (κ1) is 41.0.